The minimum Gasteiger partial charge on any atom is -0.324 e. The monoisotopic (exact) mass is 409 g/mol. The molecule has 0 saturated carbocycles. The van der Waals surface area contributed by atoms with Gasteiger partial charge in [-0.1, -0.05) is 30.3 Å². The summed E-state index contributed by atoms with van der Waals surface area (Å²) in [6.07, 6.45) is 1.70. The Kier molecular flexibility index (Phi) is 5.57. The van der Waals surface area contributed by atoms with Crippen LogP contribution < -0.4 is 5.32 Å². The number of rotatable bonds is 5. The Labute approximate surface area is 171 Å². The molecular formula is C21H23N5O2S. The van der Waals surface area contributed by atoms with Crippen molar-refractivity contribution >= 4 is 21.7 Å². The van der Waals surface area contributed by atoms with Crippen molar-refractivity contribution in [3.05, 3.63) is 66.9 Å². The zero-order valence-corrected chi connectivity index (χ0v) is 17.0. The van der Waals surface area contributed by atoms with Crippen LogP contribution in [0.4, 0.5) is 11.6 Å². The van der Waals surface area contributed by atoms with E-state index < -0.39 is 10.0 Å². The molecule has 0 bridgehead atoms. The van der Waals surface area contributed by atoms with Crippen molar-refractivity contribution < 1.29 is 8.42 Å². The number of benzene rings is 2. The van der Waals surface area contributed by atoms with Gasteiger partial charge in [0.25, 0.3) is 0 Å². The standard InChI is InChI=1S/C21H23N5O2S/c1-25-13-15-26(16-14-25)29(27,28)19-9-7-18(8-10-19)23-21-22-12-11-20(24-21)17-5-3-2-4-6-17/h2-12H,13-16H2,1H3,(H,22,23,24). The third kappa shape index (κ3) is 4.45. The second kappa shape index (κ2) is 8.28. The zero-order chi connectivity index (χ0) is 20.3. The van der Waals surface area contributed by atoms with E-state index in [1.54, 1.807) is 34.8 Å². The maximum absolute atomic E-state index is 12.8. The summed E-state index contributed by atoms with van der Waals surface area (Å²) in [5, 5.41) is 3.14. The fourth-order valence-corrected chi connectivity index (χ4v) is 4.63. The highest BCUT2D eigenvalue weighted by Crippen LogP contribution is 2.22. The van der Waals surface area contributed by atoms with Gasteiger partial charge < -0.3 is 10.2 Å². The van der Waals surface area contributed by atoms with Gasteiger partial charge in [0.1, 0.15) is 0 Å². The normalized spacial score (nSPS) is 15.9. The second-order valence-electron chi connectivity index (χ2n) is 6.99. The molecule has 1 aromatic heterocycles. The topological polar surface area (TPSA) is 78.4 Å². The van der Waals surface area contributed by atoms with Crippen LogP contribution in [0.1, 0.15) is 0 Å². The fourth-order valence-electron chi connectivity index (χ4n) is 3.21. The molecule has 29 heavy (non-hydrogen) atoms. The summed E-state index contributed by atoms with van der Waals surface area (Å²) in [4.78, 5) is 11.2. The van der Waals surface area contributed by atoms with Gasteiger partial charge in [0.2, 0.25) is 16.0 Å². The fraction of sp³-hybridized carbons (Fsp3) is 0.238. The smallest absolute Gasteiger partial charge is 0.243 e. The number of hydrogen-bond donors (Lipinski definition) is 1. The number of nitrogens with one attached hydrogen (secondary N) is 1. The Bertz CT molecular complexity index is 1060. The molecule has 1 fully saturated rings. The number of piperazine rings is 1. The van der Waals surface area contributed by atoms with Crippen LogP contribution in [0, 0.1) is 0 Å². The molecule has 1 aliphatic rings. The van der Waals surface area contributed by atoms with Gasteiger partial charge in [-0.25, -0.2) is 18.4 Å². The van der Waals surface area contributed by atoms with Gasteiger partial charge in [-0.3, -0.25) is 0 Å². The van der Waals surface area contributed by atoms with Crippen LogP contribution in [0.5, 0.6) is 0 Å². The first-order chi connectivity index (χ1) is 14.0. The maximum Gasteiger partial charge on any atom is 0.243 e. The summed E-state index contributed by atoms with van der Waals surface area (Å²) in [5.74, 6) is 0.459. The van der Waals surface area contributed by atoms with E-state index in [4.69, 9.17) is 0 Å². The highest BCUT2D eigenvalue weighted by molar-refractivity contribution is 7.89. The second-order valence-corrected chi connectivity index (χ2v) is 8.93. The molecule has 3 aromatic rings. The Morgan fingerprint density at radius 3 is 2.28 bits per heavy atom. The van der Waals surface area contributed by atoms with E-state index in [1.165, 1.54) is 0 Å². The predicted octanol–water partition coefficient (Wildman–Crippen LogP) is 2.82. The van der Waals surface area contributed by atoms with Crippen LogP contribution in [0.2, 0.25) is 0 Å². The molecule has 0 aliphatic carbocycles. The molecule has 1 saturated heterocycles. The van der Waals surface area contributed by atoms with Crippen LogP contribution in [-0.4, -0.2) is 60.8 Å². The summed E-state index contributed by atoms with van der Waals surface area (Å²) in [6, 6.07) is 18.4. The van der Waals surface area contributed by atoms with Gasteiger partial charge in [0.15, 0.2) is 0 Å². The van der Waals surface area contributed by atoms with Crippen LogP contribution in [0.3, 0.4) is 0 Å². The number of sulfonamides is 1. The summed E-state index contributed by atoms with van der Waals surface area (Å²) in [5.41, 5.74) is 2.55. The first-order valence-corrected chi connectivity index (χ1v) is 10.9. The van der Waals surface area contributed by atoms with Crippen molar-refractivity contribution in [2.24, 2.45) is 0 Å². The summed E-state index contributed by atoms with van der Waals surface area (Å²) in [6.45, 7) is 2.51. The van der Waals surface area contributed by atoms with Crippen molar-refractivity contribution in [1.82, 2.24) is 19.2 Å². The lowest BCUT2D eigenvalue weighted by Gasteiger charge is -2.31. The molecule has 7 nitrogen and oxygen atoms in total. The molecule has 0 amide bonds. The number of nitrogens with zero attached hydrogens (tertiary/aromatic N) is 4. The van der Waals surface area contributed by atoms with Crippen LogP contribution in [0.15, 0.2) is 71.8 Å². The van der Waals surface area contributed by atoms with Gasteiger partial charge in [-0.15, -0.1) is 0 Å². The van der Waals surface area contributed by atoms with E-state index in [1.807, 2.05) is 43.4 Å². The minimum atomic E-state index is -3.47. The average molecular weight is 410 g/mol. The maximum atomic E-state index is 12.8. The highest BCUT2D eigenvalue weighted by Gasteiger charge is 2.27. The number of anilines is 2. The average Bonchev–Trinajstić information content (AvgIpc) is 2.75. The van der Waals surface area contributed by atoms with Crippen molar-refractivity contribution in [3.8, 4) is 11.3 Å². The SMILES string of the molecule is CN1CCN(S(=O)(=O)c2ccc(Nc3nccc(-c4ccccc4)n3)cc2)CC1. The molecule has 8 heteroatoms. The number of hydrogen-bond acceptors (Lipinski definition) is 6. The predicted molar refractivity (Wildman–Crippen MR) is 113 cm³/mol. The first kappa shape index (κ1) is 19.5. The summed E-state index contributed by atoms with van der Waals surface area (Å²) < 4.78 is 27.2. The lowest BCUT2D eigenvalue weighted by Crippen LogP contribution is -2.46. The molecular weight excluding hydrogens is 386 g/mol. The molecule has 0 spiro atoms. The van der Waals surface area contributed by atoms with Gasteiger partial charge >= 0.3 is 0 Å². The van der Waals surface area contributed by atoms with Gasteiger partial charge in [0, 0.05) is 43.6 Å². The van der Waals surface area contributed by atoms with E-state index in [-0.39, 0.29) is 0 Å². The molecule has 2 heterocycles. The zero-order valence-electron chi connectivity index (χ0n) is 16.2. The Hall–Kier alpha value is -2.81. The molecule has 1 N–H and O–H groups in total. The van der Waals surface area contributed by atoms with E-state index >= 15 is 0 Å². The molecule has 0 unspecified atom stereocenters. The quantitative estimate of drug-likeness (QED) is 0.698. The largest absolute Gasteiger partial charge is 0.324 e. The van der Waals surface area contributed by atoms with E-state index in [0.29, 0.717) is 23.9 Å². The Balaban J connectivity index is 1.49. The molecule has 4 rings (SSSR count). The number of aromatic nitrogens is 2. The van der Waals surface area contributed by atoms with Crippen molar-refractivity contribution in [2.45, 2.75) is 4.90 Å². The Morgan fingerprint density at radius 1 is 0.897 bits per heavy atom. The number of likely N-dealkylation sites (N-methyl/N-ethyl adjacent to an activating group) is 1. The van der Waals surface area contributed by atoms with Crippen molar-refractivity contribution in [1.29, 1.82) is 0 Å². The first-order valence-electron chi connectivity index (χ1n) is 9.47. The molecule has 2 aromatic carbocycles. The third-order valence-electron chi connectivity index (χ3n) is 4.94. The van der Waals surface area contributed by atoms with Gasteiger partial charge in [-0.05, 0) is 37.4 Å². The van der Waals surface area contributed by atoms with Crippen molar-refractivity contribution in [3.63, 3.8) is 0 Å². The molecule has 0 radical (unpaired) electrons. The third-order valence-corrected chi connectivity index (χ3v) is 6.85. The minimum absolute atomic E-state index is 0.298. The van der Waals surface area contributed by atoms with Gasteiger partial charge in [-0.2, -0.15) is 4.31 Å². The Morgan fingerprint density at radius 2 is 1.59 bits per heavy atom. The highest BCUT2D eigenvalue weighted by atomic mass is 32.2. The van der Waals surface area contributed by atoms with E-state index in [9.17, 15) is 8.42 Å². The summed E-state index contributed by atoms with van der Waals surface area (Å²) >= 11 is 0. The van der Waals surface area contributed by atoms with Crippen LogP contribution in [-0.2, 0) is 10.0 Å². The van der Waals surface area contributed by atoms with Crippen molar-refractivity contribution in [2.75, 3.05) is 38.5 Å². The van der Waals surface area contributed by atoms with E-state index in [0.717, 1.165) is 30.0 Å². The lowest BCUT2D eigenvalue weighted by molar-refractivity contribution is 0.222. The summed E-state index contributed by atoms with van der Waals surface area (Å²) in [7, 11) is -1.47. The molecule has 150 valence electrons. The van der Waals surface area contributed by atoms with Gasteiger partial charge in [0.05, 0.1) is 10.6 Å². The lowest BCUT2D eigenvalue weighted by atomic mass is 10.1. The molecule has 0 atom stereocenters. The molecule has 1 aliphatic heterocycles. The van der Waals surface area contributed by atoms with Crippen LogP contribution >= 0.6 is 0 Å². The van der Waals surface area contributed by atoms with E-state index in [2.05, 4.69) is 20.2 Å². The van der Waals surface area contributed by atoms with Crippen LogP contribution in [0.25, 0.3) is 11.3 Å².